The highest BCUT2D eigenvalue weighted by Crippen LogP contribution is 2.24. The zero-order chi connectivity index (χ0) is 21.3. The number of benzene rings is 3. The predicted molar refractivity (Wildman–Crippen MR) is 119 cm³/mol. The summed E-state index contributed by atoms with van der Waals surface area (Å²) in [7, 11) is 1.57. The van der Waals surface area contributed by atoms with Gasteiger partial charge in [-0.2, -0.15) is 5.10 Å². The second-order valence-electron chi connectivity index (χ2n) is 6.37. The van der Waals surface area contributed by atoms with Gasteiger partial charge in [-0.15, -0.1) is 0 Å². The maximum atomic E-state index is 12.1. The summed E-state index contributed by atoms with van der Waals surface area (Å²) in [6.45, 7) is 0.367. The van der Waals surface area contributed by atoms with Crippen LogP contribution in [0.1, 0.15) is 22.8 Å². The molecule has 0 saturated carbocycles. The number of hydrogen-bond donors (Lipinski definition) is 2. The number of hydrazone groups is 1. The van der Waals surface area contributed by atoms with E-state index in [-0.39, 0.29) is 0 Å². The topological polar surface area (TPSA) is 80.2 Å². The molecule has 0 spiro atoms. The second-order valence-corrected chi connectivity index (χ2v) is 7.29. The van der Waals surface area contributed by atoms with Crippen LogP contribution in [-0.2, 0) is 11.4 Å². The number of nitrogens with one attached hydrogen (secondary N) is 1. The number of aliphatic hydroxyl groups excluding tert-OH is 1. The molecule has 30 heavy (non-hydrogen) atoms. The van der Waals surface area contributed by atoms with Gasteiger partial charge in [0.05, 0.1) is 13.3 Å². The highest BCUT2D eigenvalue weighted by atomic mass is 79.9. The van der Waals surface area contributed by atoms with Crippen molar-refractivity contribution in [2.45, 2.75) is 12.7 Å². The molecule has 0 unspecified atom stereocenters. The molecule has 7 heteroatoms. The van der Waals surface area contributed by atoms with Gasteiger partial charge in [-0.25, -0.2) is 5.43 Å². The molecule has 3 aromatic rings. The van der Waals surface area contributed by atoms with E-state index >= 15 is 0 Å². The average molecular weight is 469 g/mol. The van der Waals surface area contributed by atoms with E-state index in [9.17, 15) is 9.90 Å². The molecule has 1 atom stereocenters. The Morgan fingerprint density at radius 1 is 1.13 bits per heavy atom. The molecular weight excluding hydrogens is 448 g/mol. The third-order valence-electron chi connectivity index (χ3n) is 4.24. The van der Waals surface area contributed by atoms with Gasteiger partial charge in [-0.1, -0.05) is 58.4 Å². The van der Waals surface area contributed by atoms with Gasteiger partial charge in [0.25, 0.3) is 5.91 Å². The molecule has 0 aromatic heterocycles. The first-order valence-electron chi connectivity index (χ1n) is 9.18. The molecule has 0 fully saturated rings. The van der Waals surface area contributed by atoms with Crippen molar-refractivity contribution in [2.75, 3.05) is 7.11 Å². The number of ether oxygens (including phenoxy) is 2. The van der Waals surface area contributed by atoms with E-state index < -0.39 is 12.0 Å². The molecule has 3 aromatic carbocycles. The van der Waals surface area contributed by atoms with Gasteiger partial charge in [-0.3, -0.25) is 4.79 Å². The van der Waals surface area contributed by atoms with Crippen LogP contribution in [0.5, 0.6) is 11.5 Å². The highest BCUT2D eigenvalue weighted by molar-refractivity contribution is 9.10. The Balaban J connectivity index is 1.69. The van der Waals surface area contributed by atoms with Crippen LogP contribution in [0.15, 0.2) is 82.4 Å². The third kappa shape index (κ3) is 5.92. The van der Waals surface area contributed by atoms with Crippen molar-refractivity contribution in [2.24, 2.45) is 5.10 Å². The number of nitrogens with zero attached hydrogens (tertiary/aromatic N) is 1. The van der Waals surface area contributed by atoms with Crippen molar-refractivity contribution in [3.63, 3.8) is 0 Å². The van der Waals surface area contributed by atoms with Crippen molar-refractivity contribution < 1.29 is 19.4 Å². The fourth-order valence-corrected chi connectivity index (χ4v) is 3.13. The largest absolute Gasteiger partial charge is 0.497 e. The molecular formula is C23H21BrN2O4. The Kier molecular flexibility index (Phi) is 7.59. The summed E-state index contributed by atoms with van der Waals surface area (Å²) in [6, 6.07) is 21.8. The van der Waals surface area contributed by atoms with Gasteiger partial charge >= 0.3 is 0 Å². The maximum Gasteiger partial charge on any atom is 0.273 e. The van der Waals surface area contributed by atoms with E-state index in [4.69, 9.17) is 9.47 Å². The molecule has 0 bridgehead atoms. The van der Waals surface area contributed by atoms with E-state index in [0.717, 1.165) is 10.0 Å². The van der Waals surface area contributed by atoms with Crippen molar-refractivity contribution in [1.29, 1.82) is 0 Å². The quantitative estimate of drug-likeness (QED) is 0.383. The summed E-state index contributed by atoms with van der Waals surface area (Å²) in [6.07, 6.45) is 0.148. The molecule has 0 aliphatic rings. The van der Waals surface area contributed by atoms with Gasteiger partial charge in [0.1, 0.15) is 18.1 Å². The van der Waals surface area contributed by atoms with Crippen LogP contribution in [-0.4, -0.2) is 24.3 Å². The highest BCUT2D eigenvalue weighted by Gasteiger charge is 2.16. The summed E-state index contributed by atoms with van der Waals surface area (Å²) in [5.74, 6) is 0.580. The van der Waals surface area contributed by atoms with Crippen LogP contribution in [0, 0.1) is 0 Å². The minimum atomic E-state index is -1.30. The van der Waals surface area contributed by atoms with Crippen LogP contribution >= 0.6 is 15.9 Å². The predicted octanol–water partition coefficient (Wildman–Crippen LogP) is 4.22. The summed E-state index contributed by atoms with van der Waals surface area (Å²) >= 11 is 3.44. The van der Waals surface area contributed by atoms with Crippen molar-refractivity contribution in [1.82, 2.24) is 5.43 Å². The fraction of sp³-hybridized carbons (Fsp3) is 0.130. The van der Waals surface area contributed by atoms with Crippen LogP contribution in [0.2, 0.25) is 0 Å². The first-order chi connectivity index (χ1) is 14.6. The SMILES string of the molecule is COc1ccc(OCc2cccc(Br)c2)c(/C=N\NC(=O)[C@H](O)c2ccccc2)c1. The summed E-state index contributed by atoms with van der Waals surface area (Å²) < 4.78 is 12.2. The number of methoxy groups -OCH3 is 1. The second kappa shape index (κ2) is 10.6. The van der Waals surface area contributed by atoms with Gasteiger partial charge in [-0.05, 0) is 41.5 Å². The van der Waals surface area contributed by atoms with E-state index in [1.54, 1.807) is 49.6 Å². The molecule has 0 aliphatic carbocycles. The van der Waals surface area contributed by atoms with Crippen molar-refractivity contribution in [3.05, 3.63) is 94.0 Å². The number of rotatable bonds is 8. The Bertz CT molecular complexity index is 1020. The van der Waals surface area contributed by atoms with Crippen LogP contribution in [0.4, 0.5) is 0 Å². The average Bonchev–Trinajstić information content (AvgIpc) is 2.78. The lowest BCUT2D eigenvalue weighted by molar-refractivity contribution is -0.129. The molecule has 0 radical (unpaired) electrons. The number of aliphatic hydroxyl groups is 1. The number of carbonyl (C=O) groups excluding carboxylic acids is 1. The summed E-state index contributed by atoms with van der Waals surface area (Å²) in [5.41, 5.74) is 4.47. The smallest absolute Gasteiger partial charge is 0.273 e. The molecule has 0 heterocycles. The molecule has 0 saturated heterocycles. The summed E-state index contributed by atoms with van der Waals surface area (Å²) in [4.78, 5) is 12.1. The first kappa shape index (κ1) is 21.5. The number of hydrogen-bond acceptors (Lipinski definition) is 5. The normalized spacial score (nSPS) is 11.8. The molecule has 2 N–H and O–H groups in total. The minimum absolute atomic E-state index is 0.367. The van der Waals surface area contributed by atoms with Gasteiger partial charge in [0, 0.05) is 10.0 Å². The van der Waals surface area contributed by atoms with E-state index in [1.807, 2.05) is 30.3 Å². The minimum Gasteiger partial charge on any atom is -0.497 e. The van der Waals surface area contributed by atoms with Crippen LogP contribution < -0.4 is 14.9 Å². The van der Waals surface area contributed by atoms with Gasteiger partial charge in [0.2, 0.25) is 0 Å². The lowest BCUT2D eigenvalue weighted by Crippen LogP contribution is -2.25. The van der Waals surface area contributed by atoms with E-state index in [0.29, 0.717) is 29.2 Å². The maximum absolute atomic E-state index is 12.1. The van der Waals surface area contributed by atoms with Crippen molar-refractivity contribution in [3.8, 4) is 11.5 Å². The standard InChI is InChI=1S/C23H21BrN2O4/c1-29-20-10-11-21(30-15-16-6-5-9-19(24)12-16)18(13-20)14-25-26-23(28)22(27)17-7-3-2-4-8-17/h2-14,22,27H,15H2,1H3,(H,26,28)/b25-14-/t22-/m1/s1. The lowest BCUT2D eigenvalue weighted by Gasteiger charge is -2.11. The van der Waals surface area contributed by atoms with E-state index in [2.05, 4.69) is 26.5 Å². The monoisotopic (exact) mass is 468 g/mol. The Hall–Kier alpha value is -3.16. The Morgan fingerprint density at radius 3 is 2.67 bits per heavy atom. The molecule has 1 amide bonds. The number of carbonyl (C=O) groups is 1. The fourth-order valence-electron chi connectivity index (χ4n) is 2.69. The zero-order valence-electron chi connectivity index (χ0n) is 16.3. The zero-order valence-corrected chi connectivity index (χ0v) is 17.9. The molecule has 154 valence electrons. The van der Waals surface area contributed by atoms with Crippen molar-refractivity contribution >= 4 is 28.1 Å². The van der Waals surface area contributed by atoms with Crippen LogP contribution in [0.3, 0.4) is 0 Å². The Morgan fingerprint density at radius 2 is 1.93 bits per heavy atom. The van der Waals surface area contributed by atoms with Gasteiger partial charge < -0.3 is 14.6 Å². The molecule has 0 aliphatic heterocycles. The number of halogens is 1. The van der Waals surface area contributed by atoms with Crippen LogP contribution in [0.25, 0.3) is 0 Å². The third-order valence-corrected chi connectivity index (χ3v) is 4.74. The lowest BCUT2D eigenvalue weighted by atomic mass is 10.1. The first-order valence-corrected chi connectivity index (χ1v) is 9.97. The Labute approximate surface area is 183 Å². The van der Waals surface area contributed by atoms with Gasteiger partial charge in [0.15, 0.2) is 6.10 Å². The molecule has 6 nitrogen and oxygen atoms in total. The number of amides is 1. The summed E-state index contributed by atoms with van der Waals surface area (Å²) in [5, 5.41) is 14.1. The molecule has 3 rings (SSSR count). The van der Waals surface area contributed by atoms with E-state index in [1.165, 1.54) is 6.21 Å².